The van der Waals surface area contributed by atoms with Crippen molar-refractivity contribution in [3.63, 3.8) is 0 Å². The lowest BCUT2D eigenvalue weighted by atomic mass is 9.80. The summed E-state index contributed by atoms with van der Waals surface area (Å²) in [6, 6.07) is 11.4. The zero-order valence-electron chi connectivity index (χ0n) is 18.3. The Morgan fingerprint density at radius 1 is 0.943 bits per heavy atom. The van der Waals surface area contributed by atoms with E-state index in [-0.39, 0.29) is 16.5 Å². The minimum absolute atomic E-state index is 0.101. The fourth-order valence-electron chi connectivity index (χ4n) is 4.13. The summed E-state index contributed by atoms with van der Waals surface area (Å²) in [5.74, 6) is 0. The van der Waals surface area contributed by atoms with Crippen molar-refractivity contribution in [2.45, 2.75) is 37.3 Å². The van der Waals surface area contributed by atoms with Gasteiger partial charge in [0.1, 0.15) is 5.54 Å². The molecule has 1 aromatic heterocycles. The smallest absolute Gasteiger partial charge is 0.387 e. The summed E-state index contributed by atoms with van der Waals surface area (Å²) in [5, 5.41) is 13.2. The first-order valence-electron chi connectivity index (χ1n) is 10.3. The van der Waals surface area contributed by atoms with Crippen molar-refractivity contribution in [3.8, 4) is 10.4 Å². The maximum absolute atomic E-state index is 13.8. The van der Waals surface area contributed by atoms with Crippen LogP contribution in [0.5, 0.6) is 0 Å². The first-order chi connectivity index (χ1) is 16.2. The molecule has 1 aliphatic heterocycles. The molecule has 0 spiro atoms. The van der Waals surface area contributed by atoms with E-state index in [0.29, 0.717) is 21.7 Å². The second-order valence-corrected chi connectivity index (χ2v) is 9.99. The lowest BCUT2D eigenvalue weighted by Crippen LogP contribution is -2.58. The van der Waals surface area contributed by atoms with Crippen molar-refractivity contribution in [1.29, 1.82) is 0 Å². The summed E-state index contributed by atoms with van der Waals surface area (Å²) in [7, 11) is 0. The predicted molar refractivity (Wildman–Crippen MR) is 124 cm³/mol. The number of hydrogen-bond donors (Lipinski definition) is 2. The third-order valence-electron chi connectivity index (χ3n) is 5.81. The molecular formula is C24H19ClF6N2OS. The number of rotatable bonds is 4. The Morgan fingerprint density at radius 2 is 1.63 bits per heavy atom. The summed E-state index contributed by atoms with van der Waals surface area (Å²) in [4.78, 5) is 0.554. The summed E-state index contributed by atoms with van der Waals surface area (Å²) < 4.78 is 80.5. The number of benzene rings is 2. The highest BCUT2D eigenvalue weighted by Crippen LogP contribution is 2.50. The Labute approximate surface area is 206 Å². The fraction of sp³-hybridized carbons (Fsp3) is 0.250. The number of nitrogens with zero attached hydrogens (tertiary/aromatic N) is 1. The van der Waals surface area contributed by atoms with Gasteiger partial charge in [0.05, 0.1) is 27.4 Å². The van der Waals surface area contributed by atoms with Crippen LogP contribution >= 0.6 is 22.9 Å². The highest BCUT2D eigenvalue weighted by atomic mass is 35.5. The van der Waals surface area contributed by atoms with Gasteiger partial charge in [0.25, 0.3) is 0 Å². The van der Waals surface area contributed by atoms with E-state index in [1.54, 1.807) is 61.5 Å². The van der Waals surface area contributed by atoms with Crippen molar-refractivity contribution in [1.82, 2.24) is 5.43 Å². The molecule has 0 bridgehead atoms. The molecule has 3 nitrogen and oxygen atoms in total. The number of hydrazine groups is 1. The Morgan fingerprint density at radius 3 is 2.23 bits per heavy atom. The van der Waals surface area contributed by atoms with E-state index in [0.717, 1.165) is 17.4 Å². The number of thiophene rings is 1. The van der Waals surface area contributed by atoms with Gasteiger partial charge in [-0.15, -0.1) is 11.3 Å². The lowest BCUT2D eigenvalue weighted by molar-refractivity contribution is -0.142. The van der Waals surface area contributed by atoms with Gasteiger partial charge in [-0.05, 0) is 56.3 Å². The maximum atomic E-state index is 13.8. The standard InChI is InChI=1S/C24H19ClF6N2OS/c1-21(2,34)22(11-12-32-33(22)18-6-4-3-5-17(18)25)20-10-9-19(35-20)15-8-7-14(23(26,27)28)13-16(15)24(29,30)31/h3-13,32,34H,1-2H3. The highest BCUT2D eigenvalue weighted by Gasteiger charge is 2.52. The quantitative estimate of drug-likeness (QED) is 0.339. The van der Waals surface area contributed by atoms with E-state index < -0.39 is 34.6 Å². The van der Waals surface area contributed by atoms with Crippen LogP contribution in [0.4, 0.5) is 32.0 Å². The molecule has 0 fully saturated rings. The Bertz CT molecular complexity index is 1280. The molecule has 2 heterocycles. The maximum Gasteiger partial charge on any atom is 0.417 e. The highest BCUT2D eigenvalue weighted by molar-refractivity contribution is 7.15. The normalized spacial score (nSPS) is 18.7. The van der Waals surface area contributed by atoms with Crippen LogP contribution in [-0.4, -0.2) is 10.7 Å². The van der Waals surface area contributed by atoms with Gasteiger partial charge in [-0.1, -0.05) is 29.8 Å². The van der Waals surface area contributed by atoms with Crippen molar-refractivity contribution < 1.29 is 31.4 Å². The Hall–Kier alpha value is -2.69. The Balaban J connectivity index is 1.88. The monoisotopic (exact) mass is 532 g/mol. The molecule has 4 rings (SSSR count). The zero-order valence-corrected chi connectivity index (χ0v) is 19.9. The number of alkyl halides is 6. The number of hydrogen-bond acceptors (Lipinski definition) is 4. The van der Waals surface area contributed by atoms with E-state index >= 15 is 0 Å². The lowest BCUT2D eigenvalue weighted by Gasteiger charge is -2.46. The van der Waals surface area contributed by atoms with E-state index in [1.165, 1.54) is 6.07 Å². The van der Waals surface area contributed by atoms with Crippen LogP contribution in [0.25, 0.3) is 10.4 Å². The first-order valence-corrected chi connectivity index (χ1v) is 11.5. The van der Waals surface area contributed by atoms with Gasteiger partial charge in [0.2, 0.25) is 0 Å². The third-order valence-corrected chi connectivity index (χ3v) is 7.37. The van der Waals surface area contributed by atoms with Crippen molar-refractivity contribution in [2.24, 2.45) is 0 Å². The van der Waals surface area contributed by atoms with E-state index in [9.17, 15) is 31.4 Å². The molecule has 1 aliphatic rings. The third kappa shape index (κ3) is 4.39. The molecule has 35 heavy (non-hydrogen) atoms. The number of aliphatic hydroxyl groups is 1. The summed E-state index contributed by atoms with van der Waals surface area (Å²) in [6.07, 6.45) is -6.67. The average molecular weight is 533 g/mol. The molecular weight excluding hydrogens is 514 g/mol. The van der Waals surface area contributed by atoms with Crippen LogP contribution in [0.2, 0.25) is 5.02 Å². The average Bonchev–Trinajstić information content (AvgIpc) is 3.40. The summed E-state index contributed by atoms with van der Waals surface area (Å²) in [6.45, 7) is 3.10. The van der Waals surface area contributed by atoms with Crippen LogP contribution in [0.1, 0.15) is 29.9 Å². The van der Waals surface area contributed by atoms with Crippen LogP contribution in [0, 0.1) is 0 Å². The van der Waals surface area contributed by atoms with Crippen LogP contribution < -0.4 is 10.4 Å². The molecule has 11 heteroatoms. The van der Waals surface area contributed by atoms with Gasteiger partial charge in [-0.25, -0.2) is 0 Å². The SMILES string of the molecule is CC(C)(O)C1(c2ccc(-c3ccc(C(F)(F)F)cc3C(F)(F)F)s2)C=CNN1c1ccccc1Cl. The predicted octanol–water partition coefficient (Wildman–Crippen LogP) is 7.61. The van der Waals surface area contributed by atoms with Gasteiger partial charge < -0.3 is 10.5 Å². The van der Waals surface area contributed by atoms with E-state index in [4.69, 9.17) is 11.6 Å². The van der Waals surface area contributed by atoms with E-state index in [1.807, 2.05) is 0 Å². The number of para-hydroxylation sites is 1. The number of nitrogens with one attached hydrogen (secondary N) is 1. The molecule has 1 unspecified atom stereocenters. The topological polar surface area (TPSA) is 35.5 Å². The molecule has 2 aromatic carbocycles. The van der Waals surface area contributed by atoms with Gasteiger partial charge in [0, 0.05) is 21.5 Å². The molecule has 0 saturated heterocycles. The van der Waals surface area contributed by atoms with Gasteiger partial charge >= 0.3 is 12.4 Å². The second kappa shape index (κ2) is 8.46. The van der Waals surface area contributed by atoms with Gasteiger partial charge in [-0.3, -0.25) is 5.01 Å². The van der Waals surface area contributed by atoms with Crippen molar-refractivity contribution >= 4 is 28.6 Å². The second-order valence-electron chi connectivity index (χ2n) is 8.49. The van der Waals surface area contributed by atoms with Crippen LogP contribution in [-0.2, 0) is 17.9 Å². The first kappa shape index (κ1) is 25.4. The number of halogens is 7. The number of anilines is 1. The largest absolute Gasteiger partial charge is 0.417 e. The molecule has 186 valence electrons. The van der Waals surface area contributed by atoms with Gasteiger partial charge in [-0.2, -0.15) is 26.3 Å². The molecule has 1 atom stereocenters. The molecule has 2 N–H and O–H groups in total. The summed E-state index contributed by atoms with van der Waals surface area (Å²) in [5.41, 5.74) is -2.37. The van der Waals surface area contributed by atoms with E-state index in [2.05, 4.69) is 5.43 Å². The summed E-state index contributed by atoms with van der Waals surface area (Å²) >= 11 is 7.33. The fourth-order valence-corrected chi connectivity index (χ4v) is 5.71. The molecule has 0 amide bonds. The zero-order chi connectivity index (χ0) is 25.8. The van der Waals surface area contributed by atoms with Gasteiger partial charge in [0.15, 0.2) is 0 Å². The molecule has 0 aliphatic carbocycles. The molecule has 0 radical (unpaired) electrons. The minimum atomic E-state index is -5.01. The minimum Gasteiger partial charge on any atom is -0.387 e. The molecule has 0 saturated carbocycles. The van der Waals surface area contributed by atoms with Crippen molar-refractivity contribution in [2.75, 3.05) is 5.01 Å². The van der Waals surface area contributed by atoms with Crippen LogP contribution in [0.3, 0.4) is 0 Å². The molecule has 3 aromatic rings. The van der Waals surface area contributed by atoms with Crippen LogP contribution in [0.15, 0.2) is 66.9 Å². The van der Waals surface area contributed by atoms with Crippen molar-refractivity contribution in [3.05, 3.63) is 87.9 Å². The Kier molecular flexibility index (Phi) is 6.14.